The van der Waals surface area contributed by atoms with Gasteiger partial charge in [0, 0.05) is 0 Å². The van der Waals surface area contributed by atoms with Crippen LogP contribution in [0.4, 0.5) is 0 Å². The van der Waals surface area contributed by atoms with E-state index in [1.54, 1.807) is 0 Å². The van der Waals surface area contributed by atoms with Crippen LogP contribution in [0.3, 0.4) is 0 Å². The molecule has 0 spiro atoms. The molecule has 1 radical (unpaired) electrons. The van der Waals surface area contributed by atoms with Gasteiger partial charge in [-0.3, -0.25) is 0 Å². The van der Waals surface area contributed by atoms with Gasteiger partial charge in [-0.25, -0.2) is 0 Å². The van der Waals surface area contributed by atoms with E-state index in [1.807, 2.05) is 0 Å². The van der Waals surface area contributed by atoms with Crippen molar-refractivity contribution in [2.24, 2.45) is 10.9 Å². The molecule has 0 heterocycles. The van der Waals surface area contributed by atoms with Crippen molar-refractivity contribution in [3.63, 3.8) is 0 Å². The van der Waals surface area contributed by atoms with Crippen LogP contribution in [-0.4, -0.2) is 27.2 Å². The molecule has 0 aliphatic rings. The Morgan fingerprint density at radius 3 is 2.58 bits per heavy atom. The predicted molar refractivity (Wildman–Crippen MR) is 57.0 cm³/mol. The Labute approximate surface area is 84.9 Å². The molecule has 0 N–H and O–H groups in total. The van der Waals surface area contributed by atoms with Gasteiger partial charge in [0.15, 0.2) is 0 Å². The number of unbranched alkanes of at least 4 members (excludes halogenated alkanes) is 1. The van der Waals surface area contributed by atoms with Crippen molar-refractivity contribution in [2.45, 2.75) is 46.5 Å². The molecule has 0 saturated carbocycles. The van der Waals surface area contributed by atoms with E-state index in [4.69, 9.17) is 0 Å². The predicted octanol–water partition coefficient (Wildman–Crippen LogP) is 2.79. The number of hydrogen-bond donors (Lipinski definition) is 0. The van der Waals surface area contributed by atoms with Crippen LogP contribution in [0.1, 0.15) is 46.5 Å². The first-order valence-electron chi connectivity index (χ1n) is 4.87. The Morgan fingerprint density at radius 2 is 2.08 bits per heavy atom. The summed E-state index contributed by atoms with van der Waals surface area (Å²) in [6, 6.07) is 0. The second-order valence-electron chi connectivity index (χ2n) is 3.56. The van der Waals surface area contributed by atoms with E-state index in [2.05, 4.69) is 41.8 Å². The second-order valence-corrected chi connectivity index (χ2v) is 4.55. The van der Waals surface area contributed by atoms with Gasteiger partial charge in [0.1, 0.15) is 0 Å². The Hall–Kier alpha value is 0.189. The van der Waals surface area contributed by atoms with E-state index >= 15 is 0 Å². The first-order valence-corrected chi connectivity index (χ1v) is 5.72. The molecule has 0 aromatic rings. The Balaban J connectivity index is 3.41. The molecule has 12 heavy (non-hydrogen) atoms. The molecule has 0 aliphatic carbocycles. The SMILES string of the molecule is CCCCC([Se])=NCCC(C)C. The van der Waals surface area contributed by atoms with Gasteiger partial charge in [0.25, 0.3) is 0 Å². The first-order chi connectivity index (χ1) is 5.66. The van der Waals surface area contributed by atoms with E-state index in [-0.39, 0.29) is 0 Å². The number of nitrogens with zero attached hydrogens (tertiary/aromatic N) is 1. The number of aliphatic imine (C=N–C) groups is 1. The van der Waals surface area contributed by atoms with Crippen molar-refractivity contribution in [3.05, 3.63) is 0 Å². The van der Waals surface area contributed by atoms with Gasteiger partial charge >= 0.3 is 84.5 Å². The first kappa shape index (κ1) is 12.2. The van der Waals surface area contributed by atoms with Crippen LogP contribution in [0.2, 0.25) is 0 Å². The molecule has 71 valence electrons. The van der Waals surface area contributed by atoms with Crippen LogP contribution in [0.5, 0.6) is 0 Å². The Morgan fingerprint density at radius 1 is 1.42 bits per heavy atom. The second kappa shape index (κ2) is 7.82. The van der Waals surface area contributed by atoms with Gasteiger partial charge < -0.3 is 0 Å². The standard InChI is InChI=1S/C10H20NSe/c1-4-5-6-10(12)11-8-7-9(2)3/h9H,4-8H2,1-3H3. The monoisotopic (exact) mass is 234 g/mol. The summed E-state index contributed by atoms with van der Waals surface area (Å²) in [5.41, 5.74) is 0. The van der Waals surface area contributed by atoms with Crippen LogP contribution < -0.4 is 0 Å². The number of rotatable bonds is 6. The third-order valence-electron chi connectivity index (χ3n) is 1.74. The van der Waals surface area contributed by atoms with Gasteiger partial charge in [-0.15, -0.1) is 0 Å². The third-order valence-corrected chi connectivity index (χ3v) is 2.44. The summed E-state index contributed by atoms with van der Waals surface area (Å²) in [7, 11) is 0. The van der Waals surface area contributed by atoms with Crippen molar-refractivity contribution in [1.29, 1.82) is 0 Å². The van der Waals surface area contributed by atoms with E-state index in [1.165, 1.54) is 23.9 Å². The van der Waals surface area contributed by atoms with Crippen molar-refractivity contribution >= 4 is 20.6 Å². The van der Waals surface area contributed by atoms with Crippen LogP contribution in [0.25, 0.3) is 0 Å². The van der Waals surface area contributed by atoms with Crippen LogP contribution in [0, 0.1) is 5.92 Å². The quantitative estimate of drug-likeness (QED) is 0.494. The summed E-state index contributed by atoms with van der Waals surface area (Å²) in [5, 5.41) is 0. The van der Waals surface area contributed by atoms with Gasteiger partial charge in [-0.1, -0.05) is 0 Å². The molecule has 0 bridgehead atoms. The van der Waals surface area contributed by atoms with Gasteiger partial charge in [-0.05, 0) is 0 Å². The van der Waals surface area contributed by atoms with Crippen LogP contribution >= 0.6 is 0 Å². The number of hydrogen-bond acceptors (Lipinski definition) is 1. The van der Waals surface area contributed by atoms with Crippen LogP contribution in [0.15, 0.2) is 4.99 Å². The van der Waals surface area contributed by atoms with Crippen LogP contribution in [-0.2, 0) is 0 Å². The molecule has 0 aliphatic heterocycles. The fraction of sp³-hybridized carbons (Fsp3) is 0.900. The van der Waals surface area contributed by atoms with Crippen molar-refractivity contribution < 1.29 is 0 Å². The molecule has 0 rings (SSSR count). The molecule has 0 unspecified atom stereocenters. The zero-order valence-electron chi connectivity index (χ0n) is 8.47. The minimum absolute atomic E-state index is 0.771. The Kier molecular flexibility index (Phi) is 7.94. The van der Waals surface area contributed by atoms with Gasteiger partial charge in [-0.2, -0.15) is 0 Å². The molecule has 0 atom stereocenters. The van der Waals surface area contributed by atoms with Gasteiger partial charge in [0.05, 0.1) is 0 Å². The van der Waals surface area contributed by atoms with E-state index < -0.39 is 0 Å². The average Bonchev–Trinajstić information content (AvgIpc) is 2.00. The molecule has 0 aromatic heterocycles. The normalized spacial score (nSPS) is 12.5. The third kappa shape index (κ3) is 8.29. The van der Waals surface area contributed by atoms with Crippen molar-refractivity contribution in [1.82, 2.24) is 0 Å². The molecule has 0 saturated heterocycles. The maximum absolute atomic E-state index is 4.46. The zero-order chi connectivity index (χ0) is 9.40. The van der Waals surface area contributed by atoms with Gasteiger partial charge in [0.2, 0.25) is 0 Å². The minimum atomic E-state index is 0.771. The molecule has 0 aromatic carbocycles. The summed E-state index contributed by atoms with van der Waals surface area (Å²) in [6.07, 6.45) is 4.85. The van der Waals surface area contributed by atoms with Crippen molar-refractivity contribution in [2.75, 3.05) is 6.54 Å². The van der Waals surface area contributed by atoms with Crippen molar-refractivity contribution in [3.8, 4) is 0 Å². The molecule has 1 nitrogen and oxygen atoms in total. The summed E-state index contributed by atoms with van der Waals surface area (Å²) in [5.74, 6) is 0.771. The fourth-order valence-corrected chi connectivity index (χ4v) is 1.35. The summed E-state index contributed by atoms with van der Waals surface area (Å²) < 4.78 is 1.21. The zero-order valence-corrected chi connectivity index (χ0v) is 10.2. The fourth-order valence-electron chi connectivity index (χ4n) is 0.855. The van der Waals surface area contributed by atoms with E-state index in [9.17, 15) is 0 Å². The molecule has 0 fully saturated rings. The van der Waals surface area contributed by atoms with E-state index in [0.717, 1.165) is 18.9 Å². The maximum atomic E-state index is 4.46. The molecule has 2 heteroatoms. The summed E-state index contributed by atoms with van der Waals surface area (Å²) in [4.78, 5) is 4.46. The van der Waals surface area contributed by atoms with E-state index in [0.29, 0.717) is 0 Å². The Bertz CT molecular complexity index is 130. The summed E-state index contributed by atoms with van der Waals surface area (Å²) >= 11 is 3.04. The summed E-state index contributed by atoms with van der Waals surface area (Å²) in [6.45, 7) is 7.67. The molecular formula is C10H20NSe. The molecule has 0 amide bonds. The molecular weight excluding hydrogens is 213 g/mol. The topological polar surface area (TPSA) is 12.4 Å². The average molecular weight is 233 g/mol.